The lowest BCUT2D eigenvalue weighted by molar-refractivity contribution is 0.608. The number of amidine groups is 1. The van der Waals surface area contributed by atoms with Crippen molar-refractivity contribution in [3.05, 3.63) is 29.3 Å². The van der Waals surface area contributed by atoms with Gasteiger partial charge in [-0.05, 0) is 56.4 Å². The standard InChI is InChI=1S/C14H21N3/c1-9-8-12(14(15)16)6-7-13(9)17(3)10(2)11-4-5-11/h6-8,10-11H,4-5H2,1-3H3,(H3,15,16). The van der Waals surface area contributed by atoms with Gasteiger partial charge in [0.05, 0.1) is 0 Å². The summed E-state index contributed by atoms with van der Waals surface area (Å²) in [6.45, 7) is 4.37. The first-order valence-corrected chi connectivity index (χ1v) is 6.18. The molecule has 1 saturated carbocycles. The van der Waals surface area contributed by atoms with E-state index in [9.17, 15) is 0 Å². The monoisotopic (exact) mass is 231 g/mol. The van der Waals surface area contributed by atoms with Crippen LogP contribution in [0.25, 0.3) is 0 Å². The molecule has 1 aromatic rings. The normalized spacial score (nSPS) is 16.6. The van der Waals surface area contributed by atoms with Crippen LogP contribution < -0.4 is 10.6 Å². The Hall–Kier alpha value is -1.51. The van der Waals surface area contributed by atoms with E-state index in [-0.39, 0.29) is 5.84 Å². The largest absolute Gasteiger partial charge is 0.384 e. The Bertz CT molecular complexity index is 435. The second kappa shape index (κ2) is 4.40. The fourth-order valence-corrected chi connectivity index (χ4v) is 2.33. The molecule has 0 aromatic heterocycles. The van der Waals surface area contributed by atoms with Crippen molar-refractivity contribution in [2.75, 3.05) is 11.9 Å². The third-order valence-corrected chi connectivity index (χ3v) is 3.80. The minimum absolute atomic E-state index is 0.137. The molecule has 0 aliphatic heterocycles. The molecule has 0 spiro atoms. The number of nitrogen functional groups attached to an aromatic ring is 1. The van der Waals surface area contributed by atoms with Gasteiger partial charge in [0.2, 0.25) is 0 Å². The number of rotatable bonds is 4. The second-order valence-electron chi connectivity index (χ2n) is 5.10. The van der Waals surface area contributed by atoms with Gasteiger partial charge in [0.25, 0.3) is 0 Å². The molecule has 2 rings (SSSR count). The first kappa shape index (κ1) is 12.0. The number of aryl methyl sites for hydroxylation is 1. The molecule has 1 fully saturated rings. The van der Waals surface area contributed by atoms with Crippen LogP contribution in [0.1, 0.15) is 30.9 Å². The lowest BCUT2D eigenvalue weighted by atomic mass is 10.1. The van der Waals surface area contributed by atoms with E-state index < -0.39 is 0 Å². The lowest BCUT2D eigenvalue weighted by Crippen LogP contribution is -2.31. The van der Waals surface area contributed by atoms with Crippen molar-refractivity contribution < 1.29 is 0 Å². The van der Waals surface area contributed by atoms with Crippen LogP contribution in [0, 0.1) is 18.3 Å². The van der Waals surface area contributed by atoms with Gasteiger partial charge < -0.3 is 10.6 Å². The Balaban J connectivity index is 2.23. The van der Waals surface area contributed by atoms with E-state index >= 15 is 0 Å². The van der Waals surface area contributed by atoms with E-state index in [0.29, 0.717) is 6.04 Å². The van der Waals surface area contributed by atoms with Gasteiger partial charge in [0, 0.05) is 24.3 Å². The molecular formula is C14H21N3. The number of anilines is 1. The number of hydrogen-bond acceptors (Lipinski definition) is 2. The topological polar surface area (TPSA) is 53.1 Å². The maximum Gasteiger partial charge on any atom is 0.122 e. The highest BCUT2D eigenvalue weighted by molar-refractivity contribution is 5.95. The molecule has 1 aliphatic rings. The van der Waals surface area contributed by atoms with Crippen molar-refractivity contribution in [1.29, 1.82) is 5.41 Å². The van der Waals surface area contributed by atoms with Crippen molar-refractivity contribution in [2.45, 2.75) is 32.7 Å². The second-order valence-corrected chi connectivity index (χ2v) is 5.10. The number of benzene rings is 1. The summed E-state index contributed by atoms with van der Waals surface area (Å²) in [5, 5.41) is 7.44. The maximum atomic E-state index is 7.44. The van der Waals surface area contributed by atoms with Crippen LogP contribution in [0.3, 0.4) is 0 Å². The summed E-state index contributed by atoms with van der Waals surface area (Å²) in [5.41, 5.74) is 8.73. The zero-order valence-corrected chi connectivity index (χ0v) is 10.8. The van der Waals surface area contributed by atoms with Crippen LogP contribution in [0.15, 0.2) is 18.2 Å². The van der Waals surface area contributed by atoms with Crippen LogP contribution >= 0.6 is 0 Å². The molecule has 0 heterocycles. The molecule has 1 atom stereocenters. The third-order valence-electron chi connectivity index (χ3n) is 3.80. The minimum Gasteiger partial charge on any atom is -0.384 e. The quantitative estimate of drug-likeness (QED) is 0.618. The number of nitrogens with zero attached hydrogens (tertiary/aromatic N) is 1. The summed E-state index contributed by atoms with van der Waals surface area (Å²) in [4.78, 5) is 2.34. The highest BCUT2D eigenvalue weighted by Crippen LogP contribution is 2.36. The fraction of sp³-hybridized carbons (Fsp3) is 0.500. The highest BCUT2D eigenvalue weighted by Gasteiger charge is 2.30. The Morgan fingerprint density at radius 2 is 2.12 bits per heavy atom. The van der Waals surface area contributed by atoms with Crippen molar-refractivity contribution in [2.24, 2.45) is 11.7 Å². The van der Waals surface area contributed by atoms with Crippen LogP contribution in [-0.4, -0.2) is 18.9 Å². The molecule has 0 amide bonds. The van der Waals surface area contributed by atoms with Crippen LogP contribution in [0.5, 0.6) is 0 Å². The first-order chi connectivity index (χ1) is 8.00. The lowest BCUT2D eigenvalue weighted by Gasteiger charge is -2.28. The maximum absolute atomic E-state index is 7.44. The fourth-order valence-electron chi connectivity index (χ4n) is 2.33. The van der Waals surface area contributed by atoms with Crippen LogP contribution in [0.4, 0.5) is 5.69 Å². The zero-order valence-electron chi connectivity index (χ0n) is 10.8. The van der Waals surface area contributed by atoms with Gasteiger partial charge >= 0.3 is 0 Å². The van der Waals surface area contributed by atoms with Crippen LogP contribution in [-0.2, 0) is 0 Å². The Kier molecular flexibility index (Phi) is 3.09. The smallest absolute Gasteiger partial charge is 0.122 e. The average Bonchev–Trinajstić information content (AvgIpc) is 3.10. The molecular weight excluding hydrogens is 210 g/mol. The summed E-state index contributed by atoms with van der Waals surface area (Å²) in [7, 11) is 2.15. The van der Waals surface area contributed by atoms with Crippen molar-refractivity contribution >= 4 is 11.5 Å². The van der Waals surface area contributed by atoms with Gasteiger partial charge in [0.15, 0.2) is 0 Å². The molecule has 17 heavy (non-hydrogen) atoms. The molecule has 1 unspecified atom stereocenters. The zero-order chi connectivity index (χ0) is 12.6. The molecule has 3 heteroatoms. The van der Waals surface area contributed by atoms with Gasteiger partial charge in [-0.25, -0.2) is 0 Å². The summed E-state index contributed by atoms with van der Waals surface area (Å²) in [5.74, 6) is 0.990. The Labute approximate surface area is 103 Å². The first-order valence-electron chi connectivity index (χ1n) is 6.18. The van der Waals surface area contributed by atoms with E-state index in [1.807, 2.05) is 12.1 Å². The van der Waals surface area contributed by atoms with E-state index in [4.69, 9.17) is 11.1 Å². The molecule has 3 nitrogen and oxygen atoms in total. The van der Waals surface area contributed by atoms with Gasteiger partial charge in [0.1, 0.15) is 5.84 Å². The SMILES string of the molecule is Cc1cc(C(=N)N)ccc1N(C)C(C)C1CC1. The number of hydrogen-bond donors (Lipinski definition) is 2. The molecule has 3 N–H and O–H groups in total. The summed E-state index contributed by atoms with van der Waals surface area (Å²) in [6.07, 6.45) is 2.71. The average molecular weight is 231 g/mol. The van der Waals surface area contributed by atoms with Gasteiger partial charge in [-0.1, -0.05) is 0 Å². The van der Waals surface area contributed by atoms with Crippen molar-refractivity contribution in [3.8, 4) is 0 Å². The van der Waals surface area contributed by atoms with Crippen molar-refractivity contribution in [3.63, 3.8) is 0 Å². The van der Waals surface area contributed by atoms with Crippen LogP contribution in [0.2, 0.25) is 0 Å². The molecule has 1 aromatic carbocycles. The van der Waals surface area contributed by atoms with Crippen molar-refractivity contribution in [1.82, 2.24) is 0 Å². The Morgan fingerprint density at radius 3 is 2.59 bits per heavy atom. The predicted octanol–water partition coefficient (Wildman–Crippen LogP) is 2.51. The minimum atomic E-state index is 0.137. The molecule has 0 radical (unpaired) electrons. The summed E-state index contributed by atoms with van der Waals surface area (Å²) >= 11 is 0. The van der Waals surface area contributed by atoms with E-state index in [0.717, 1.165) is 11.5 Å². The summed E-state index contributed by atoms with van der Waals surface area (Å²) < 4.78 is 0. The predicted molar refractivity (Wildman–Crippen MR) is 72.8 cm³/mol. The van der Waals surface area contributed by atoms with E-state index in [1.54, 1.807) is 0 Å². The number of nitrogens with one attached hydrogen (secondary N) is 1. The highest BCUT2D eigenvalue weighted by atomic mass is 15.1. The Morgan fingerprint density at radius 1 is 1.47 bits per heavy atom. The molecule has 92 valence electrons. The van der Waals surface area contributed by atoms with E-state index in [1.165, 1.54) is 24.1 Å². The summed E-state index contributed by atoms with van der Waals surface area (Å²) in [6, 6.07) is 6.59. The third kappa shape index (κ3) is 2.43. The molecule has 0 saturated heterocycles. The van der Waals surface area contributed by atoms with E-state index in [2.05, 4.69) is 31.9 Å². The molecule has 0 bridgehead atoms. The number of nitrogens with two attached hydrogens (primary N) is 1. The van der Waals surface area contributed by atoms with Gasteiger partial charge in [-0.15, -0.1) is 0 Å². The van der Waals surface area contributed by atoms with Gasteiger partial charge in [-0.2, -0.15) is 0 Å². The molecule has 1 aliphatic carbocycles. The van der Waals surface area contributed by atoms with Gasteiger partial charge in [-0.3, -0.25) is 5.41 Å².